The maximum absolute atomic E-state index is 13.3. The number of alkyl halides is 4. The third kappa shape index (κ3) is 4.55. The van der Waals surface area contributed by atoms with Crippen molar-refractivity contribution >= 4 is 51.6 Å². The van der Waals surface area contributed by atoms with Gasteiger partial charge in [-0.25, -0.2) is 8.78 Å². The number of methoxy groups -OCH3 is 1. The van der Waals surface area contributed by atoms with Gasteiger partial charge in [0.25, 0.3) is 0 Å². The van der Waals surface area contributed by atoms with Crippen molar-refractivity contribution in [3.63, 3.8) is 0 Å². The number of halogens is 5. The maximum Gasteiger partial charge on any atom is 0.358 e. The van der Waals surface area contributed by atoms with Crippen molar-refractivity contribution in [2.24, 2.45) is 0 Å². The predicted octanol–water partition coefficient (Wildman–Crippen LogP) is 6.30. The minimum atomic E-state index is -4.17. The molecule has 0 spiro atoms. The van der Waals surface area contributed by atoms with E-state index in [2.05, 4.69) is 0 Å². The van der Waals surface area contributed by atoms with E-state index in [-0.39, 0.29) is 28.9 Å². The molecule has 0 aliphatic carbocycles. The number of carboxylic acids is 1. The van der Waals surface area contributed by atoms with Crippen LogP contribution in [0.3, 0.4) is 0 Å². The summed E-state index contributed by atoms with van der Waals surface area (Å²) in [5.41, 5.74) is 2.55. The number of benzene rings is 1. The molecule has 30 heavy (non-hydrogen) atoms. The Kier molecular flexibility index (Phi) is 6.59. The highest BCUT2D eigenvalue weighted by atomic mass is 35.5. The van der Waals surface area contributed by atoms with Crippen LogP contribution in [0.5, 0.6) is 5.75 Å². The fourth-order valence-electron chi connectivity index (χ4n) is 3.13. The number of carboxylic acid groups (broad SMARTS) is 1. The molecule has 0 saturated heterocycles. The Morgan fingerprint density at radius 3 is 2.67 bits per heavy atom. The molecule has 0 unspecified atom stereocenters. The number of thiophene rings is 1. The molecule has 0 aliphatic heterocycles. The Morgan fingerprint density at radius 1 is 1.37 bits per heavy atom. The van der Waals surface area contributed by atoms with Gasteiger partial charge in [0.2, 0.25) is 0 Å². The van der Waals surface area contributed by atoms with Crippen molar-refractivity contribution in [1.82, 2.24) is 4.57 Å². The number of hydrogen-bond donors (Lipinski definition) is 1. The van der Waals surface area contributed by atoms with Crippen LogP contribution >= 0.6 is 34.7 Å². The molecule has 3 rings (SSSR count). The fraction of sp³-hybridized carbons (Fsp3) is 0.316. The number of nitrogens with zero attached hydrogens (tertiary/aromatic N) is 1. The Balaban J connectivity index is 2.01. The molecule has 1 aromatic carbocycles. The molecular formula is C19H16ClF4NO3S2. The van der Waals surface area contributed by atoms with Gasteiger partial charge in [0.15, 0.2) is 0 Å². The van der Waals surface area contributed by atoms with E-state index in [0.29, 0.717) is 38.5 Å². The van der Waals surface area contributed by atoms with Gasteiger partial charge < -0.3 is 14.4 Å². The van der Waals surface area contributed by atoms with Crippen LogP contribution < -0.4 is 4.74 Å². The molecule has 4 nitrogen and oxygen atoms in total. The number of aliphatic carboxylic acids is 1. The van der Waals surface area contributed by atoms with E-state index in [0.717, 1.165) is 11.3 Å². The van der Waals surface area contributed by atoms with Gasteiger partial charge in [-0.15, -0.1) is 11.3 Å². The summed E-state index contributed by atoms with van der Waals surface area (Å²) in [6.45, 7) is 1.99. The van der Waals surface area contributed by atoms with E-state index in [1.165, 1.54) is 13.2 Å². The molecule has 1 N–H and O–H groups in total. The lowest BCUT2D eigenvalue weighted by Gasteiger charge is -2.12. The normalized spacial score (nSPS) is 12.1. The summed E-state index contributed by atoms with van der Waals surface area (Å²) >= 11 is 7.01. The summed E-state index contributed by atoms with van der Waals surface area (Å²) < 4.78 is 58.6. The summed E-state index contributed by atoms with van der Waals surface area (Å²) in [5, 5.41) is 7.72. The van der Waals surface area contributed by atoms with Crippen molar-refractivity contribution in [3.05, 3.63) is 45.4 Å². The smallest absolute Gasteiger partial charge is 0.358 e. The second kappa shape index (κ2) is 8.68. The van der Waals surface area contributed by atoms with Gasteiger partial charge in [0.1, 0.15) is 5.75 Å². The highest BCUT2D eigenvalue weighted by Gasteiger charge is 2.42. The monoisotopic (exact) mass is 481 g/mol. The number of carbonyl (C=O) groups is 1. The molecule has 0 atom stereocenters. The Hall–Kier alpha value is -1.91. The van der Waals surface area contributed by atoms with Crippen LogP contribution in [0.25, 0.3) is 10.9 Å². The summed E-state index contributed by atoms with van der Waals surface area (Å²) in [6, 6.07) is 4.75. The zero-order valence-corrected chi connectivity index (χ0v) is 18.1. The van der Waals surface area contributed by atoms with Crippen molar-refractivity contribution in [3.8, 4) is 5.75 Å². The van der Waals surface area contributed by atoms with Crippen LogP contribution in [0.15, 0.2) is 27.8 Å². The van der Waals surface area contributed by atoms with E-state index in [9.17, 15) is 27.5 Å². The number of ether oxygens (including phenoxy) is 1. The Bertz CT molecular complexity index is 1100. The van der Waals surface area contributed by atoms with Crippen molar-refractivity contribution < 1.29 is 32.2 Å². The van der Waals surface area contributed by atoms with E-state index < -0.39 is 17.6 Å². The summed E-state index contributed by atoms with van der Waals surface area (Å²) in [7, 11) is 1.45. The number of aromatic nitrogens is 1. The number of hydrogen-bond acceptors (Lipinski definition) is 4. The summed E-state index contributed by atoms with van der Waals surface area (Å²) in [5.74, 6) is -0.606. The number of fused-ring (bicyclic) bond motifs is 1. The zero-order chi connectivity index (χ0) is 22.2. The molecule has 0 bridgehead atoms. The van der Waals surface area contributed by atoms with E-state index in [1.807, 2.05) is 4.57 Å². The first-order valence-corrected chi connectivity index (χ1v) is 10.6. The first-order valence-electron chi connectivity index (χ1n) is 8.53. The first kappa shape index (κ1) is 22.8. The Labute approximate surface area is 182 Å². The average molecular weight is 482 g/mol. The average Bonchev–Trinajstić information content (AvgIpc) is 3.18. The standard InChI is InChI=1S/C19H16ClF4NO3S2/c1-9-11(5-16(26)27)12-4-15(28-2)13(20)6-14(12)25(9)7-10-3-17(29-8-10)30-19(23,24)18(21)22/h3-4,6,8,18H,5,7H2,1-2H3,(H,26,27). The van der Waals surface area contributed by atoms with Gasteiger partial charge in [-0.05, 0) is 53.4 Å². The highest BCUT2D eigenvalue weighted by Crippen LogP contribution is 2.43. The Morgan fingerprint density at radius 2 is 2.07 bits per heavy atom. The maximum atomic E-state index is 13.3. The molecule has 162 valence electrons. The third-order valence-electron chi connectivity index (χ3n) is 4.52. The molecule has 0 saturated carbocycles. The molecular weight excluding hydrogens is 466 g/mol. The van der Waals surface area contributed by atoms with Crippen molar-refractivity contribution in [2.75, 3.05) is 7.11 Å². The van der Waals surface area contributed by atoms with Gasteiger partial charge >= 0.3 is 17.6 Å². The zero-order valence-electron chi connectivity index (χ0n) is 15.7. The fourth-order valence-corrected chi connectivity index (χ4v) is 5.23. The molecule has 3 aromatic rings. The lowest BCUT2D eigenvalue weighted by Crippen LogP contribution is -2.21. The first-order chi connectivity index (χ1) is 14.0. The van der Waals surface area contributed by atoms with Crippen LogP contribution in [-0.2, 0) is 17.8 Å². The quantitative estimate of drug-likeness (QED) is 0.303. The van der Waals surface area contributed by atoms with Crippen LogP contribution in [0, 0.1) is 6.92 Å². The molecule has 0 fully saturated rings. The highest BCUT2D eigenvalue weighted by molar-refractivity contribution is 8.02. The predicted molar refractivity (Wildman–Crippen MR) is 110 cm³/mol. The van der Waals surface area contributed by atoms with Gasteiger partial charge in [-0.3, -0.25) is 4.79 Å². The number of thioether (sulfide) groups is 1. The molecule has 11 heteroatoms. The van der Waals surface area contributed by atoms with Crippen LogP contribution in [-0.4, -0.2) is 34.4 Å². The molecule has 0 aliphatic rings. The van der Waals surface area contributed by atoms with Gasteiger partial charge in [-0.1, -0.05) is 11.6 Å². The van der Waals surface area contributed by atoms with E-state index in [1.54, 1.807) is 24.4 Å². The van der Waals surface area contributed by atoms with Crippen molar-refractivity contribution in [1.29, 1.82) is 0 Å². The second-order valence-corrected chi connectivity index (χ2v) is 9.23. The molecule has 0 radical (unpaired) electrons. The van der Waals surface area contributed by atoms with E-state index in [4.69, 9.17) is 16.3 Å². The number of rotatable bonds is 8. The molecule has 2 heterocycles. The van der Waals surface area contributed by atoms with Gasteiger partial charge in [0, 0.05) is 17.6 Å². The lowest BCUT2D eigenvalue weighted by atomic mass is 10.1. The van der Waals surface area contributed by atoms with Gasteiger partial charge in [-0.2, -0.15) is 8.78 Å². The molecule has 2 aromatic heterocycles. The van der Waals surface area contributed by atoms with Crippen LogP contribution in [0.1, 0.15) is 16.8 Å². The minimum absolute atomic E-state index is 0.0647. The second-order valence-electron chi connectivity index (χ2n) is 6.46. The summed E-state index contributed by atoms with van der Waals surface area (Å²) in [4.78, 5) is 11.3. The van der Waals surface area contributed by atoms with E-state index >= 15 is 0 Å². The van der Waals surface area contributed by atoms with Crippen molar-refractivity contribution in [2.45, 2.75) is 35.8 Å². The summed E-state index contributed by atoms with van der Waals surface area (Å²) in [6.07, 6.45) is -3.98. The molecule has 0 amide bonds. The largest absolute Gasteiger partial charge is 0.495 e. The minimum Gasteiger partial charge on any atom is -0.495 e. The topological polar surface area (TPSA) is 51.5 Å². The third-order valence-corrected chi connectivity index (χ3v) is 6.89. The van der Waals surface area contributed by atoms with Gasteiger partial charge in [0.05, 0.1) is 28.3 Å². The van der Waals surface area contributed by atoms with Crippen LogP contribution in [0.2, 0.25) is 5.02 Å². The lowest BCUT2D eigenvalue weighted by molar-refractivity contribution is -0.136. The SMILES string of the molecule is COc1cc2c(CC(=O)O)c(C)n(Cc3csc(SC(F)(F)C(F)F)c3)c2cc1Cl. The van der Waals surface area contributed by atoms with Crippen LogP contribution in [0.4, 0.5) is 17.6 Å².